The van der Waals surface area contributed by atoms with Gasteiger partial charge in [-0.15, -0.1) is 0 Å². The van der Waals surface area contributed by atoms with Gasteiger partial charge in [0.05, 0.1) is 18.4 Å². The first-order chi connectivity index (χ1) is 6.25. The Morgan fingerprint density at radius 3 is 3.00 bits per heavy atom. The first-order valence-corrected chi connectivity index (χ1v) is 4.17. The Morgan fingerprint density at radius 2 is 2.46 bits per heavy atom. The highest BCUT2D eigenvalue weighted by Gasteiger charge is 2.05. The van der Waals surface area contributed by atoms with Crippen LogP contribution in [0.2, 0.25) is 0 Å². The SMILES string of the molecule is Cc1ncc(C2=CCN(N)C=C2)[nH]1. The van der Waals surface area contributed by atoms with Gasteiger partial charge in [0.25, 0.3) is 0 Å². The van der Waals surface area contributed by atoms with Gasteiger partial charge in [-0.05, 0) is 18.6 Å². The molecule has 0 aromatic carbocycles. The maximum atomic E-state index is 5.56. The summed E-state index contributed by atoms with van der Waals surface area (Å²) >= 11 is 0. The number of nitrogens with one attached hydrogen (secondary N) is 1. The molecule has 0 radical (unpaired) electrons. The molecule has 1 aromatic heterocycles. The number of nitrogens with zero attached hydrogens (tertiary/aromatic N) is 2. The molecule has 2 heterocycles. The van der Waals surface area contributed by atoms with Crippen molar-refractivity contribution in [1.82, 2.24) is 15.0 Å². The van der Waals surface area contributed by atoms with Crippen molar-refractivity contribution < 1.29 is 0 Å². The molecule has 0 aliphatic carbocycles. The van der Waals surface area contributed by atoms with Gasteiger partial charge < -0.3 is 9.99 Å². The Balaban J connectivity index is 2.24. The minimum atomic E-state index is 0.740. The number of rotatable bonds is 1. The minimum absolute atomic E-state index is 0.740. The number of hydrogen-bond donors (Lipinski definition) is 2. The van der Waals surface area contributed by atoms with Crippen molar-refractivity contribution in [3.8, 4) is 0 Å². The number of hydrogen-bond acceptors (Lipinski definition) is 3. The van der Waals surface area contributed by atoms with E-state index < -0.39 is 0 Å². The zero-order valence-electron chi connectivity index (χ0n) is 7.49. The van der Waals surface area contributed by atoms with Gasteiger partial charge in [0.2, 0.25) is 0 Å². The molecule has 0 spiro atoms. The summed E-state index contributed by atoms with van der Waals surface area (Å²) in [5.41, 5.74) is 2.18. The van der Waals surface area contributed by atoms with E-state index in [0.29, 0.717) is 0 Å². The summed E-state index contributed by atoms with van der Waals surface area (Å²) in [6.45, 7) is 2.68. The van der Waals surface area contributed by atoms with Crippen LogP contribution in [-0.4, -0.2) is 21.5 Å². The predicted octanol–water partition coefficient (Wildman–Crippen LogP) is 0.805. The summed E-state index contributed by atoms with van der Waals surface area (Å²) in [5, 5.41) is 1.63. The summed E-state index contributed by atoms with van der Waals surface area (Å²) in [4.78, 5) is 7.31. The molecule has 0 bridgehead atoms. The average Bonchev–Trinajstić information content (AvgIpc) is 2.53. The molecule has 0 amide bonds. The summed E-state index contributed by atoms with van der Waals surface area (Å²) < 4.78 is 0. The second kappa shape index (κ2) is 3.06. The van der Waals surface area contributed by atoms with Gasteiger partial charge in [0.1, 0.15) is 5.82 Å². The number of allylic oxidation sites excluding steroid dienone is 2. The molecule has 1 aliphatic rings. The molecule has 1 aromatic rings. The van der Waals surface area contributed by atoms with Crippen molar-refractivity contribution in [3.63, 3.8) is 0 Å². The van der Waals surface area contributed by atoms with E-state index in [1.165, 1.54) is 0 Å². The fraction of sp³-hybridized carbons (Fsp3) is 0.222. The number of aromatic amines is 1. The van der Waals surface area contributed by atoms with Crippen molar-refractivity contribution in [2.24, 2.45) is 5.84 Å². The van der Waals surface area contributed by atoms with Crippen LogP contribution in [0.4, 0.5) is 0 Å². The van der Waals surface area contributed by atoms with Crippen molar-refractivity contribution in [2.75, 3.05) is 6.54 Å². The van der Waals surface area contributed by atoms with Crippen molar-refractivity contribution >= 4 is 5.57 Å². The van der Waals surface area contributed by atoms with Crippen LogP contribution in [0.25, 0.3) is 5.57 Å². The Bertz CT molecular complexity index is 361. The smallest absolute Gasteiger partial charge is 0.103 e. The van der Waals surface area contributed by atoms with Gasteiger partial charge >= 0.3 is 0 Å². The third kappa shape index (κ3) is 1.62. The van der Waals surface area contributed by atoms with Gasteiger partial charge in [-0.1, -0.05) is 6.08 Å². The van der Waals surface area contributed by atoms with Gasteiger partial charge in [0, 0.05) is 6.20 Å². The van der Waals surface area contributed by atoms with Crippen LogP contribution in [0.15, 0.2) is 24.5 Å². The lowest BCUT2D eigenvalue weighted by Crippen LogP contribution is -2.26. The number of H-pyrrole nitrogens is 1. The first kappa shape index (κ1) is 8.07. The molecule has 0 atom stereocenters. The fourth-order valence-corrected chi connectivity index (χ4v) is 1.28. The summed E-state index contributed by atoms with van der Waals surface area (Å²) in [7, 11) is 0. The van der Waals surface area contributed by atoms with E-state index in [9.17, 15) is 0 Å². The average molecular weight is 176 g/mol. The second-order valence-corrected chi connectivity index (χ2v) is 3.05. The normalized spacial score (nSPS) is 16.2. The van der Waals surface area contributed by atoms with E-state index in [2.05, 4.69) is 16.0 Å². The summed E-state index contributed by atoms with van der Waals surface area (Å²) in [6.07, 6.45) is 7.71. The summed E-state index contributed by atoms with van der Waals surface area (Å²) in [5.74, 6) is 6.49. The monoisotopic (exact) mass is 176 g/mol. The van der Waals surface area contributed by atoms with Gasteiger partial charge in [-0.2, -0.15) is 0 Å². The highest BCUT2D eigenvalue weighted by Crippen LogP contribution is 2.16. The van der Waals surface area contributed by atoms with E-state index in [1.54, 1.807) is 5.01 Å². The topological polar surface area (TPSA) is 57.9 Å². The Kier molecular flexibility index (Phi) is 1.90. The lowest BCUT2D eigenvalue weighted by atomic mass is 10.1. The summed E-state index contributed by atoms with van der Waals surface area (Å²) in [6, 6.07) is 0. The zero-order valence-corrected chi connectivity index (χ0v) is 7.49. The number of aromatic nitrogens is 2. The lowest BCUT2D eigenvalue weighted by Gasteiger charge is -2.15. The highest BCUT2D eigenvalue weighted by molar-refractivity contribution is 5.72. The third-order valence-corrected chi connectivity index (χ3v) is 1.98. The quantitative estimate of drug-likeness (QED) is 0.622. The molecular formula is C9H12N4. The molecule has 1 aliphatic heterocycles. The molecule has 0 saturated carbocycles. The molecule has 0 saturated heterocycles. The van der Waals surface area contributed by atoms with Crippen LogP contribution in [-0.2, 0) is 0 Å². The van der Waals surface area contributed by atoms with Gasteiger partial charge in [-0.3, -0.25) is 0 Å². The molecule has 2 rings (SSSR count). The molecule has 3 N–H and O–H groups in total. The van der Waals surface area contributed by atoms with Crippen LogP contribution in [0, 0.1) is 6.92 Å². The lowest BCUT2D eigenvalue weighted by molar-refractivity contribution is 0.435. The maximum Gasteiger partial charge on any atom is 0.103 e. The van der Waals surface area contributed by atoms with E-state index in [4.69, 9.17) is 5.84 Å². The third-order valence-electron chi connectivity index (χ3n) is 1.98. The van der Waals surface area contributed by atoms with Crippen LogP contribution >= 0.6 is 0 Å². The molecule has 68 valence electrons. The molecule has 0 unspecified atom stereocenters. The van der Waals surface area contributed by atoms with Crippen LogP contribution in [0.1, 0.15) is 11.5 Å². The number of hydrazine groups is 1. The predicted molar refractivity (Wildman–Crippen MR) is 51.3 cm³/mol. The van der Waals surface area contributed by atoms with Crippen molar-refractivity contribution in [2.45, 2.75) is 6.92 Å². The van der Waals surface area contributed by atoms with Crippen LogP contribution in [0.5, 0.6) is 0 Å². The minimum Gasteiger partial charge on any atom is -0.342 e. The van der Waals surface area contributed by atoms with E-state index in [-0.39, 0.29) is 0 Å². The fourth-order valence-electron chi connectivity index (χ4n) is 1.28. The van der Waals surface area contributed by atoms with E-state index >= 15 is 0 Å². The van der Waals surface area contributed by atoms with Gasteiger partial charge in [-0.25, -0.2) is 10.8 Å². The van der Waals surface area contributed by atoms with Gasteiger partial charge in [0.15, 0.2) is 0 Å². The number of imidazole rings is 1. The number of nitrogens with two attached hydrogens (primary N) is 1. The van der Waals surface area contributed by atoms with E-state index in [1.807, 2.05) is 25.4 Å². The molecule has 13 heavy (non-hydrogen) atoms. The Hall–Kier alpha value is -1.55. The van der Waals surface area contributed by atoms with Crippen molar-refractivity contribution in [1.29, 1.82) is 0 Å². The second-order valence-electron chi connectivity index (χ2n) is 3.05. The maximum absolute atomic E-state index is 5.56. The number of aryl methyl sites for hydroxylation is 1. The van der Waals surface area contributed by atoms with Crippen LogP contribution < -0.4 is 5.84 Å². The van der Waals surface area contributed by atoms with Crippen LogP contribution in [0.3, 0.4) is 0 Å². The highest BCUT2D eigenvalue weighted by atomic mass is 15.4. The Morgan fingerprint density at radius 1 is 1.62 bits per heavy atom. The standard InChI is InChI=1S/C9H12N4/c1-7-11-6-9(12-7)8-2-4-13(10)5-3-8/h2-4,6H,5,10H2,1H3,(H,11,12). The zero-order chi connectivity index (χ0) is 9.26. The Labute approximate surface area is 76.7 Å². The largest absolute Gasteiger partial charge is 0.342 e. The molecule has 0 fully saturated rings. The first-order valence-electron chi connectivity index (χ1n) is 4.17. The van der Waals surface area contributed by atoms with Crippen molar-refractivity contribution in [3.05, 3.63) is 36.1 Å². The molecule has 4 nitrogen and oxygen atoms in total. The van der Waals surface area contributed by atoms with E-state index in [0.717, 1.165) is 23.6 Å². The molecular weight excluding hydrogens is 164 g/mol. The molecule has 4 heteroatoms.